The molecule has 7 heteroatoms. The number of nitro groups is 1. The molecule has 0 spiro atoms. The Balaban J connectivity index is 1.86. The summed E-state index contributed by atoms with van der Waals surface area (Å²) < 4.78 is 10.7. The summed E-state index contributed by atoms with van der Waals surface area (Å²) in [5, 5.41) is 15.2. The molecule has 7 nitrogen and oxygen atoms in total. The third-order valence-corrected chi connectivity index (χ3v) is 4.18. The van der Waals surface area contributed by atoms with Crippen LogP contribution in [-0.2, 0) is 6.42 Å². The first-order valence-electron chi connectivity index (χ1n) is 7.94. The minimum Gasteiger partial charge on any atom is -0.493 e. The number of nitrogens with zero attached hydrogens (tertiary/aromatic N) is 2. The standard InChI is InChI=1S/C18H19N3O4/c1-24-17-10-12-4-3-5-16(15(12)11-18(17)25-2)20-19-13-6-8-14(9-7-13)21(22)23/h6-11,19H,3-5H2,1-2H3. The van der Waals surface area contributed by atoms with Crippen LogP contribution < -0.4 is 14.9 Å². The van der Waals surface area contributed by atoms with Gasteiger partial charge in [0.1, 0.15) is 0 Å². The number of nitrogens with one attached hydrogen (secondary N) is 1. The van der Waals surface area contributed by atoms with E-state index < -0.39 is 4.92 Å². The lowest BCUT2D eigenvalue weighted by Crippen LogP contribution is -2.14. The highest BCUT2D eigenvalue weighted by atomic mass is 16.6. The summed E-state index contributed by atoms with van der Waals surface area (Å²) in [6, 6.07) is 10.1. The molecule has 0 aromatic heterocycles. The zero-order valence-electron chi connectivity index (χ0n) is 14.1. The summed E-state index contributed by atoms with van der Waals surface area (Å²) >= 11 is 0. The first-order chi connectivity index (χ1) is 12.1. The minimum atomic E-state index is -0.424. The number of non-ortho nitro benzene ring substituents is 1. The average Bonchev–Trinajstić information content (AvgIpc) is 2.65. The van der Waals surface area contributed by atoms with E-state index in [1.165, 1.54) is 17.7 Å². The van der Waals surface area contributed by atoms with E-state index in [0.29, 0.717) is 17.2 Å². The lowest BCUT2D eigenvalue weighted by molar-refractivity contribution is -0.384. The van der Waals surface area contributed by atoms with Gasteiger partial charge >= 0.3 is 0 Å². The molecule has 0 heterocycles. The molecule has 0 amide bonds. The Kier molecular flexibility index (Phi) is 4.83. The van der Waals surface area contributed by atoms with Crippen LogP contribution in [0.25, 0.3) is 0 Å². The number of aryl methyl sites for hydroxylation is 1. The zero-order chi connectivity index (χ0) is 17.8. The van der Waals surface area contributed by atoms with E-state index in [0.717, 1.165) is 30.5 Å². The highest BCUT2D eigenvalue weighted by Gasteiger charge is 2.19. The second kappa shape index (κ2) is 7.21. The van der Waals surface area contributed by atoms with Crippen LogP contribution >= 0.6 is 0 Å². The third kappa shape index (κ3) is 3.55. The fourth-order valence-corrected chi connectivity index (χ4v) is 2.88. The van der Waals surface area contributed by atoms with Gasteiger partial charge in [0, 0.05) is 17.7 Å². The second-order valence-corrected chi connectivity index (χ2v) is 5.69. The molecular formula is C18H19N3O4. The Hall–Kier alpha value is -3.09. The van der Waals surface area contributed by atoms with Crippen molar-refractivity contribution in [3.8, 4) is 11.5 Å². The number of ether oxygens (including phenoxy) is 2. The SMILES string of the molecule is COc1cc2c(cc1OC)C(=NNc1ccc([N+](=O)[O-])cc1)CCC2. The van der Waals surface area contributed by atoms with Crippen molar-refractivity contribution < 1.29 is 14.4 Å². The van der Waals surface area contributed by atoms with Gasteiger partial charge in [-0.3, -0.25) is 15.5 Å². The number of hydrogen-bond acceptors (Lipinski definition) is 6. The predicted octanol–water partition coefficient (Wildman–Crippen LogP) is 3.76. The molecule has 0 saturated carbocycles. The lowest BCUT2D eigenvalue weighted by Gasteiger charge is -2.20. The van der Waals surface area contributed by atoms with Crippen molar-refractivity contribution in [2.75, 3.05) is 19.6 Å². The minimum absolute atomic E-state index is 0.0537. The van der Waals surface area contributed by atoms with Crippen molar-refractivity contribution in [2.24, 2.45) is 5.10 Å². The van der Waals surface area contributed by atoms with Crippen molar-refractivity contribution in [1.29, 1.82) is 0 Å². The summed E-state index contributed by atoms with van der Waals surface area (Å²) in [6.45, 7) is 0. The first-order valence-corrected chi connectivity index (χ1v) is 7.94. The van der Waals surface area contributed by atoms with Crippen LogP contribution in [0.4, 0.5) is 11.4 Å². The van der Waals surface area contributed by atoms with E-state index in [4.69, 9.17) is 9.47 Å². The summed E-state index contributed by atoms with van der Waals surface area (Å²) in [4.78, 5) is 10.3. The molecule has 1 aliphatic carbocycles. The summed E-state index contributed by atoms with van der Waals surface area (Å²) in [6.07, 6.45) is 2.82. The van der Waals surface area contributed by atoms with E-state index in [1.54, 1.807) is 26.4 Å². The normalized spacial score (nSPS) is 14.7. The number of methoxy groups -OCH3 is 2. The molecule has 2 aromatic carbocycles. The van der Waals surface area contributed by atoms with Gasteiger partial charge in [0.15, 0.2) is 11.5 Å². The second-order valence-electron chi connectivity index (χ2n) is 5.69. The Morgan fingerprint density at radius 3 is 2.40 bits per heavy atom. The molecule has 1 N–H and O–H groups in total. The van der Waals surface area contributed by atoms with Gasteiger partial charge in [-0.2, -0.15) is 5.10 Å². The van der Waals surface area contributed by atoms with Gasteiger partial charge in [0.2, 0.25) is 0 Å². The smallest absolute Gasteiger partial charge is 0.269 e. The molecule has 0 atom stereocenters. The Morgan fingerprint density at radius 1 is 1.08 bits per heavy atom. The van der Waals surface area contributed by atoms with E-state index in [9.17, 15) is 10.1 Å². The van der Waals surface area contributed by atoms with Gasteiger partial charge < -0.3 is 9.47 Å². The number of rotatable bonds is 5. The first kappa shape index (κ1) is 16.8. The number of hydrogen-bond donors (Lipinski definition) is 1. The van der Waals surface area contributed by atoms with Crippen molar-refractivity contribution in [3.05, 3.63) is 57.6 Å². The van der Waals surface area contributed by atoms with Crippen LogP contribution in [0, 0.1) is 10.1 Å². The zero-order valence-corrected chi connectivity index (χ0v) is 14.1. The number of nitro benzene ring substituents is 1. The molecule has 130 valence electrons. The maximum absolute atomic E-state index is 10.7. The van der Waals surface area contributed by atoms with Crippen LogP contribution in [-0.4, -0.2) is 24.9 Å². The summed E-state index contributed by atoms with van der Waals surface area (Å²) in [5.74, 6) is 1.39. The monoisotopic (exact) mass is 341 g/mol. The maximum Gasteiger partial charge on any atom is 0.269 e. The molecule has 25 heavy (non-hydrogen) atoms. The number of hydrazone groups is 1. The average molecular weight is 341 g/mol. The van der Waals surface area contributed by atoms with E-state index in [1.807, 2.05) is 12.1 Å². The quantitative estimate of drug-likeness (QED) is 0.661. The van der Waals surface area contributed by atoms with Crippen LogP contribution in [0.1, 0.15) is 24.0 Å². The van der Waals surface area contributed by atoms with E-state index in [-0.39, 0.29) is 5.69 Å². The van der Waals surface area contributed by atoms with Crippen LogP contribution in [0.3, 0.4) is 0 Å². The number of benzene rings is 2. The van der Waals surface area contributed by atoms with E-state index in [2.05, 4.69) is 10.5 Å². The van der Waals surface area contributed by atoms with Crippen molar-refractivity contribution in [1.82, 2.24) is 0 Å². The van der Waals surface area contributed by atoms with Crippen LogP contribution in [0.15, 0.2) is 41.5 Å². The molecule has 1 aliphatic rings. The molecular weight excluding hydrogens is 322 g/mol. The Labute approximate surface area is 145 Å². The largest absolute Gasteiger partial charge is 0.493 e. The molecule has 2 aromatic rings. The molecule has 0 radical (unpaired) electrons. The van der Waals surface area contributed by atoms with Crippen molar-refractivity contribution >= 4 is 17.1 Å². The van der Waals surface area contributed by atoms with Crippen molar-refractivity contribution in [2.45, 2.75) is 19.3 Å². The van der Waals surface area contributed by atoms with E-state index >= 15 is 0 Å². The Bertz CT molecular complexity index is 816. The topological polar surface area (TPSA) is 86.0 Å². The molecule has 0 bridgehead atoms. The van der Waals surface area contributed by atoms with Gasteiger partial charge in [-0.15, -0.1) is 0 Å². The molecule has 0 saturated heterocycles. The maximum atomic E-state index is 10.7. The van der Waals surface area contributed by atoms with Gasteiger partial charge in [-0.1, -0.05) is 0 Å². The highest BCUT2D eigenvalue weighted by Crippen LogP contribution is 2.34. The van der Waals surface area contributed by atoms with Crippen LogP contribution in [0.5, 0.6) is 11.5 Å². The highest BCUT2D eigenvalue weighted by molar-refractivity contribution is 6.03. The fourth-order valence-electron chi connectivity index (χ4n) is 2.88. The fraction of sp³-hybridized carbons (Fsp3) is 0.278. The molecule has 0 aliphatic heterocycles. The van der Waals surface area contributed by atoms with Gasteiger partial charge in [-0.25, -0.2) is 0 Å². The predicted molar refractivity (Wildman–Crippen MR) is 95.7 cm³/mol. The number of anilines is 1. The number of fused-ring (bicyclic) bond motifs is 1. The lowest BCUT2D eigenvalue weighted by atomic mass is 9.89. The summed E-state index contributed by atoms with van der Waals surface area (Å²) in [5.41, 5.74) is 6.88. The van der Waals surface area contributed by atoms with Crippen LogP contribution in [0.2, 0.25) is 0 Å². The molecule has 3 rings (SSSR count). The van der Waals surface area contributed by atoms with Gasteiger partial charge in [0.25, 0.3) is 5.69 Å². The van der Waals surface area contributed by atoms with Gasteiger partial charge in [-0.05, 0) is 49.1 Å². The third-order valence-electron chi connectivity index (χ3n) is 4.18. The molecule has 0 unspecified atom stereocenters. The summed E-state index contributed by atoms with van der Waals surface area (Å²) in [7, 11) is 3.23. The van der Waals surface area contributed by atoms with Crippen molar-refractivity contribution in [3.63, 3.8) is 0 Å². The molecule has 0 fully saturated rings. The van der Waals surface area contributed by atoms with Gasteiger partial charge in [0.05, 0.1) is 30.5 Å². The Morgan fingerprint density at radius 2 is 1.76 bits per heavy atom.